The molecule has 0 bridgehead atoms. The maximum absolute atomic E-state index is 12.6. The summed E-state index contributed by atoms with van der Waals surface area (Å²) in [5.41, 5.74) is 10.7. The van der Waals surface area contributed by atoms with Crippen molar-refractivity contribution in [3.05, 3.63) is 0 Å². The Kier molecular flexibility index (Phi) is 12.0. The van der Waals surface area contributed by atoms with E-state index in [4.69, 9.17) is 16.6 Å². The zero-order valence-corrected chi connectivity index (χ0v) is 16.3. The first-order chi connectivity index (χ1) is 12.6. The number of unbranched alkanes of at least 4 members (excludes halogenated alkanes) is 1. The standard InChI is InChI=1S/C17H33N5O5/c1-10(2)8-13(16(25)20-11(3)17(26)27)22-15(24)12(6-4-5-7-18)21-14(23)9-19/h10-13H,4-9,18-19H2,1-3H3,(H,20,25)(H,21,23)(H,22,24)(H,26,27). The van der Waals surface area contributed by atoms with Gasteiger partial charge in [0.05, 0.1) is 6.54 Å². The summed E-state index contributed by atoms with van der Waals surface area (Å²) in [4.78, 5) is 47.5. The molecular formula is C17H33N5O5. The van der Waals surface area contributed by atoms with Gasteiger partial charge >= 0.3 is 5.97 Å². The monoisotopic (exact) mass is 387 g/mol. The number of amides is 3. The fourth-order valence-electron chi connectivity index (χ4n) is 2.37. The minimum atomic E-state index is -1.17. The molecule has 3 unspecified atom stereocenters. The van der Waals surface area contributed by atoms with Gasteiger partial charge in [-0.2, -0.15) is 0 Å². The van der Waals surface area contributed by atoms with Crippen molar-refractivity contribution in [1.29, 1.82) is 0 Å². The number of carboxylic acids is 1. The highest BCUT2D eigenvalue weighted by atomic mass is 16.4. The highest BCUT2D eigenvalue weighted by Crippen LogP contribution is 2.08. The molecule has 3 atom stereocenters. The van der Waals surface area contributed by atoms with Crippen LogP contribution in [0.25, 0.3) is 0 Å². The number of nitrogens with one attached hydrogen (secondary N) is 3. The summed E-state index contributed by atoms with van der Waals surface area (Å²) >= 11 is 0. The number of aliphatic carboxylic acids is 1. The predicted molar refractivity (Wildman–Crippen MR) is 101 cm³/mol. The molecule has 0 aromatic carbocycles. The van der Waals surface area contributed by atoms with Gasteiger partial charge in [0.15, 0.2) is 0 Å². The molecule has 0 aliphatic heterocycles. The van der Waals surface area contributed by atoms with Crippen LogP contribution in [0.5, 0.6) is 0 Å². The van der Waals surface area contributed by atoms with Gasteiger partial charge in [-0.15, -0.1) is 0 Å². The number of carboxylic acid groups (broad SMARTS) is 1. The molecule has 0 radical (unpaired) electrons. The molecule has 0 heterocycles. The van der Waals surface area contributed by atoms with E-state index in [0.717, 1.165) is 0 Å². The summed E-state index contributed by atoms with van der Waals surface area (Å²) in [6, 6.07) is -2.83. The second-order valence-electron chi connectivity index (χ2n) is 6.87. The van der Waals surface area contributed by atoms with Crippen molar-refractivity contribution in [2.24, 2.45) is 17.4 Å². The second-order valence-corrected chi connectivity index (χ2v) is 6.87. The Morgan fingerprint density at radius 3 is 1.96 bits per heavy atom. The minimum Gasteiger partial charge on any atom is -0.480 e. The lowest BCUT2D eigenvalue weighted by atomic mass is 10.0. The number of carbonyl (C=O) groups excluding carboxylic acids is 3. The van der Waals surface area contributed by atoms with Crippen LogP contribution in [0.15, 0.2) is 0 Å². The number of rotatable bonds is 13. The van der Waals surface area contributed by atoms with Crippen LogP contribution in [0.4, 0.5) is 0 Å². The van der Waals surface area contributed by atoms with Crippen molar-refractivity contribution in [2.75, 3.05) is 13.1 Å². The summed E-state index contributed by atoms with van der Waals surface area (Å²) in [7, 11) is 0. The lowest BCUT2D eigenvalue weighted by Gasteiger charge is -2.25. The third-order valence-electron chi connectivity index (χ3n) is 3.85. The van der Waals surface area contributed by atoms with E-state index in [9.17, 15) is 19.2 Å². The Bertz CT molecular complexity index is 512. The van der Waals surface area contributed by atoms with E-state index in [2.05, 4.69) is 16.0 Å². The van der Waals surface area contributed by atoms with Crippen LogP contribution in [0.2, 0.25) is 0 Å². The molecule has 10 heteroatoms. The van der Waals surface area contributed by atoms with Crippen molar-refractivity contribution < 1.29 is 24.3 Å². The fraction of sp³-hybridized carbons (Fsp3) is 0.765. The molecular weight excluding hydrogens is 354 g/mol. The molecule has 8 N–H and O–H groups in total. The van der Waals surface area contributed by atoms with Gasteiger partial charge in [0, 0.05) is 0 Å². The van der Waals surface area contributed by atoms with Crippen LogP contribution < -0.4 is 27.4 Å². The second kappa shape index (κ2) is 13.0. The average Bonchev–Trinajstić information content (AvgIpc) is 2.59. The molecule has 156 valence electrons. The normalized spacial score (nSPS) is 14.1. The van der Waals surface area contributed by atoms with E-state index in [1.54, 1.807) is 0 Å². The molecule has 0 aromatic rings. The van der Waals surface area contributed by atoms with E-state index in [0.29, 0.717) is 32.2 Å². The largest absolute Gasteiger partial charge is 0.480 e. The van der Waals surface area contributed by atoms with Gasteiger partial charge in [-0.1, -0.05) is 13.8 Å². The predicted octanol–water partition coefficient (Wildman–Crippen LogP) is -1.32. The molecule has 0 spiro atoms. The summed E-state index contributed by atoms with van der Waals surface area (Å²) in [6.45, 7) is 5.30. The topological polar surface area (TPSA) is 177 Å². The SMILES string of the molecule is CC(C)CC(NC(=O)C(CCCCN)NC(=O)CN)C(=O)NC(C)C(=O)O. The van der Waals surface area contributed by atoms with Crippen LogP contribution in [0, 0.1) is 5.92 Å². The van der Waals surface area contributed by atoms with Gasteiger partial charge in [-0.25, -0.2) is 0 Å². The molecule has 3 amide bonds. The molecule has 0 fully saturated rings. The van der Waals surface area contributed by atoms with Crippen molar-refractivity contribution in [1.82, 2.24) is 16.0 Å². The number of hydrogen-bond acceptors (Lipinski definition) is 6. The summed E-state index contributed by atoms with van der Waals surface area (Å²) in [6.07, 6.45) is 1.99. The molecule has 0 aliphatic rings. The first-order valence-electron chi connectivity index (χ1n) is 9.15. The van der Waals surface area contributed by atoms with Gasteiger partial charge in [0.1, 0.15) is 18.1 Å². The van der Waals surface area contributed by atoms with Crippen LogP contribution in [-0.2, 0) is 19.2 Å². The minimum absolute atomic E-state index is 0.0792. The van der Waals surface area contributed by atoms with E-state index < -0.39 is 41.8 Å². The van der Waals surface area contributed by atoms with E-state index in [-0.39, 0.29) is 12.5 Å². The van der Waals surface area contributed by atoms with Gasteiger partial charge in [0.2, 0.25) is 17.7 Å². The molecule has 0 saturated heterocycles. The lowest BCUT2D eigenvalue weighted by Crippen LogP contribution is -2.56. The first kappa shape index (κ1) is 24.8. The number of nitrogens with two attached hydrogens (primary N) is 2. The molecule has 0 aromatic heterocycles. The van der Waals surface area contributed by atoms with E-state index in [1.807, 2.05) is 13.8 Å². The van der Waals surface area contributed by atoms with E-state index in [1.165, 1.54) is 6.92 Å². The highest BCUT2D eigenvalue weighted by Gasteiger charge is 2.28. The highest BCUT2D eigenvalue weighted by molar-refractivity contribution is 5.93. The van der Waals surface area contributed by atoms with Crippen molar-refractivity contribution in [3.8, 4) is 0 Å². The Balaban J connectivity index is 5.13. The maximum Gasteiger partial charge on any atom is 0.325 e. The van der Waals surface area contributed by atoms with Crippen molar-refractivity contribution >= 4 is 23.7 Å². The van der Waals surface area contributed by atoms with Crippen LogP contribution in [-0.4, -0.2) is 60.0 Å². The quantitative estimate of drug-likeness (QED) is 0.212. The van der Waals surface area contributed by atoms with Gasteiger partial charge in [-0.05, 0) is 45.1 Å². The smallest absolute Gasteiger partial charge is 0.325 e. The number of hydrogen-bond donors (Lipinski definition) is 6. The van der Waals surface area contributed by atoms with Gasteiger partial charge in [0.25, 0.3) is 0 Å². The van der Waals surface area contributed by atoms with Crippen LogP contribution in [0.3, 0.4) is 0 Å². The maximum atomic E-state index is 12.6. The lowest BCUT2D eigenvalue weighted by molar-refractivity contribution is -0.141. The fourth-order valence-corrected chi connectivity index (χ4v) is 2.37. The number of carbonyl (C=O) groups is 4. The summed E-state index contributed by atoms with van der Waals surface area (Å²) in [5, 5.41) is 16.5. The van der Waals surface area contributed by atoms with Crippen LogP contribution in [0.1, 0.15) is 46.5 Å². The van der Waals surface area contributed by atoms with Gasteiger partial charge in [-0.3, -0.25) is 19.2 Å². The van der Waals surface area contributed by atoms with Gasteiger partial charge < -0.3 is 32.5 Å². The molecule has 0 saturated carbocycles. The Morgan fingerprint density at radius 1 is 0.889 bits per heavy atom. The molecule has 0 rings (SSSR count). The molecule has 10 nitrogen and oxygen atoms in total. The Hall–Kier alpha value is -2.20. The molecule has 27 heavy (non-hydrogen) atoms. The summed E-state index contributed by atoms with van der Waals surface area (Å²) < 4.78 is 0. The van der Waals surface area contributed by atoms with Crippen LogP contribution >= 0.6 is 0 Å². The Labute approximate surface area is 159 Å². The first-order valence-corrected chi connectivity index (χ1v) is 9.15. The average molecular weight is 387 g/mol. The molecule has 0 aliphatic carbocycles. The Morgan fingerprint density at radius 2 is 1.48 bits per heavy atom. The van der Waals surface area contributed by atoms with E-state index >= 15 is 0 Å². The van der Waals surface area contributed by atoms with Crippen molar-refractivity contribution in [2.45, 2.75) is 64.6 Å². The third-order valence-corrected chi connectivity index (χ3v) is 3.85. The zero-order valence-electron chi connectivity index (χ0n) is 16.3. The zero-order chi connectivity index (χ0) is 21.0. The summed E-state index contributed by atoms with van der Waals surface area (Å²) in [5.74, 6) is -2.67. The third kappa shape index (κ3) is 10.5. The van der Waals surface area contributed by atoms with Crippen molar-refractivity contribution in [3.63, 3.8) is 0 Å².